The van der Waals surface area contributed by atoms with Crippen LogP contribution in [0.2, 0.25) is 0 Å². The second-order valence-corrected chi connectivity index (χ2v) is 5.24. The molecule has 1 aromatic carbocycles. The highest BCUT2D eigenvalue weighted by Gasteiger charge is 2.21. The summed E-state index contributed by atoms with van der Waals surface area (Å²) in [5.74, 6) is -0.610. The summed E-state index contributed by atoms with van der Waals surface area (Å²) >= 11 is 2.03. The Morgan fingerprint density at radius 3 is 2.76 bits per heavy atom. The van der Waals surface area contributed by atoms with Crippen LogP contribution >= 0.6 is 22.6 Å². The normalized spacial score (nSPS) is 14.1. The number of carbonyl (C=O) groups excluding carboxylic acids is 1. The predicted molar refractivity (Wildman–Crippen MR) is 70.9 cm³/mol. The van der Waals surface area contributed by atoms with Gasteiger partial charge in [-0.05, 0) is 47.7 Å². The number of carbonyl (C=O) groups is 1. The van der Waals surface area contributed by atoms with E-state index in [1.807, 2.05) is 22.6 Å². The monoisotopic (exact) mass is 351 g/mol. The molecule has 1 rings (SSSR count). The summed E-state index contributed by atoms with van der Waals surface area (Å²) in [5.41, 5.74) is -1.22. The van der Waals surface area contributed by atoms with Crippen LogP contribution in [0.3, 0.4) is 0 Å². The summed E-state index contributed by atoms with van der Waals surface area (Å²) < 4.78 is 0.819. The van der Waals surface area contributed by atoms with Crippen molar-refractivity contribution >= 4 is 28.5 Å². The van der Waals surface area contributed by atoms with E-state index in [2.05, 4.69) is 5.32 Å². The van der Waals surface area contributed by atoms with E-state index in [0.29, 0.717) is 0 Å². The topological polar surface area (TPSA) is 89.8 Å². The van der Waals surface area contributed by atoms with E-state index >= 15 is 0 Å². The Hall–Kier alpha value is -0.860. The van der Waals surface area contributed by atoms with Crippen LogP contribution in [0.5, 0.6) is 5.75 Å². The molecule has 4 N–H and O–H groups in total. The van der Waals surface area contributed by atoms with Crippen molar-refractivity contribution in [3.63, 3.8) is 0 Å². The van der Waals surface area contributed by atoms with E-state index < -0.39 is 18.1 Å². The quantitative estimate of drug-likeness (QED) is 0.594. The van der Waals surface area contributed by atoms with Crippen molar-refractivity contribution in [2.24, 2.45) is 0 Å². The minimum atomic E-state index is -1.37. The fourth-order valence-electron chi connectivity index (χ4n) is 1.11. The van der Waals surface area contributed by atoms with Gasteiger partial charge in [-0.3, -0.25) is 4.79 Å². The Kier molecular flexibility index (Phi) is 4.72. The van der Waals surface area contributed by atoms with Crippen molar-refractivity contribution in [1.82, 2.24) is 5.32 Å². The number of hydrogen-bond acceptors (Lipinski definition) is 4. The number of rotatable bonds is 4. The zero-order valence-corrected chi connectivity index (χ0v) is 11.4. The SMILES string of the molecule is CC(O)(CO)CNC(=O)c1cc(I)ccc1O. The largest absolute Gasteiger partial charge is 0.507 e. The Labute approximate surface area is 113 Å². The first-order chi connectivity index (χ1) is 7.85. The molecule has 6 heteroatoms. The molecular formula is C11H14INO4. The first kappa shape index (κ1) is 14.2. The molecule has 1 aromatic rings. The highest BCUT2D eigenvalue weighted by atomic mass is 127. The molecule has 0 aromatic heterocycles. The van der Waals surface area contributed by atoms with Crippen LogP contribution in [0, 0.1) is 3.57 Å². The molecule has 0 spiro atoms. The number of hydrogen-bond donors (Lipinski definition) is 4. The lowest BCUT2D eigenvalue weighted by Crippen LogP contribution is -2.43. The molecule has 1 unspecified atom stereocenters. The van der Waals surface area contributed by atoms with Crippen molar-refractivity contribution in [3.8, 4) is 5.75 Å². The zero-order valence-electron chi connectivity index (χ0n) is 9.27. The molecule has 0 bridgehead atoms. The van der Waals surface area contributed by atoms with Crippen molar-refractivity contribution in [1.29, 1.82) is 0 Å². The van der Waals surface area contributed by atoms with Gasteiger partial charge < -0.3 is 20.6 Å². The summed E-state index contributed by atoms with van der Waals surface area (Å²) in [6.45, 7) is 0.862. The second kappa shape index (κ2) is 5.65. The number of amides is 1. The fourth-order valence-corrected chi connectivity index (χ4v) is 1.60. The van der Waals surface area contributed by atoms with Gasteiger partial charge in [-0.1, -0.05) is 0 Å². The summed E-state index contributed by atoms with van der Waals surface area (Å²) in [6.07, 6.45) is 0. The van der Waals surface area contributed by atoms with Gasteiger partial charge >= 0.3 is 0 Å². The number of phenols is 1. The van der Waals surface area contributed by atoms with Crippen LogP contribution < -0.4 is 5.32 Å². The van der Waals surface area contributed by atoms with Gasteiger partial charge in [-0.25, -0.2) is 0 Å². The Balaban J connectivity index is 2.74. The standard InChI is InChI=1S/C11H14INO4/c1-11(17,6-14)5-13-10(16)8-4-7(12)2-3-9(8)15/h2-4,14-15,17H,5-6H2,1H3,(H,13,16). The Morgan fingerprint density at radius 2 is 2.18 bits per heavy atom. The number of phenolic OH excluding ortho intramolecular Hbond substituents is 1. The first-order valence-corrected chi connectivity index (χ1v) is 6.03. The minimum Gasteiger partial charge on any atom is -0.507 e. The number of benzene rings is 1. The van der Waals surface area contributed by atoms with Crippen LogP contribution in [-0.2, 0) is 0 Å². The summed E-state index contributed by atoms with van der Waals surface area (Å²) in [5, 5.41) is 30.3. The molecule has 0 saturated heterocycles. The van der Waals surface area contributed by atoms with Crippen molar-refractivity contribution in [2.75, 3.05) is 13.2 Å². The number of nitrogens with one attached hydrogen (secondary N) is 1. The van der Waals surface area contributed by atoms with Crippen molar-refractivity contribution < 1.29 is 20.1 Å². The molecule has 5 nitrogen and oxygen atoms in total. The fraction of sp³-hybridized carbons (Fsp3) is 0.364. The lowest BCUT2D eigenvalue weighted by Gasteiger charge is -2.20. The van der Waals surface area contributed by atoms with E-state index in [9.17, 15) is 15.0 Å². The average molecular weight is 351 g/mol. The Bertz CT molecular complexity index is 420. The van der Waals surface area contributed by atoms with Crippen LogP contribution in [0.15, 0.2) is 18.2 Å². The third kappa shape index (κ3) is 4.14. The molecule has 94 valence electrons. The van der Waals surface area contributed by atoms with E-state index in [1.54, 1.807) is 12.1 Å². The van der Waals surface area contributed by atoms with Gasteiger partial charge in [-0.2, -0.15) is 0 Å². The maximum Gasteiger partial charge on any atom is 0.255 e. The van der Waals surface area contributed by atoms with Gasteiger partial charge in [0, 0.05) is 10.1 Å². The van der Waals surface area contributed by atoms with E-state index in [4.69, 9.17) is 5.11 Å². The maximum absolute atomic E-state index is 11.7. The molecule has 0 aliphatic carbocycles. The molecule has 0 radical (unpaired) electrons. The van der Waals surface area contributed by atoms with Crippen LogP contribution in [0.4, 0.5) is 0 Å². The third-order valence-corrected chi connectivity index (χ3v) is 2.84. The summed E-state index contributed by atoms with van der Waals surface area (Å²) in [7, 11) is 0. The summed E-state index contributed by atoms with van der Waals surface area (Å²) in [6, 6.07) is 4.65. The molecule has 0 aliphatic heterocycles. The number of aromatic hydroxyl groups is 1. The van der Waals surface area contributed by atoms with Gasteiger partial charge in [0.1, 0.15) is 11.4 Å². The summed E-state index contributed by atoms with van der Waals surface area (Å²) in [4.78, 5) is 11.7. The highest BCUT2D eigenvalue weighted by molar-refractivity contribution is 14.1. The maximum atomic E-state index is 11.7. The molecule has 0 fully saturated rings. The Morgan fingerprint density at radius 1 is 1.53 bits per heavy atom. The molecule has 17 heavy (non-hydrogen) atoms. The van der Waals surface area contributed by atoms with E-state index in [0.717, 1.165) is 3.57 Å². The van der Waals surface area contributed by atoms with E-state index in [1.165, 1.54) is 13.0 Å². The van der Waals surface area contributed by atoms with Crippen molar-refractivity contribution in [2.45, 2.75) is 12.5 Å². The second-order valence-electron chi connectivity index (χ2n) is 4.00. The first-order valence-electron chi connectivity index (χ1n) is 4.96. The lowest BCUT2D eigenvalue weighted by atomic mass is 10.1. The molecule has 0 saturated carbocycles. The third-order valence-electron chi connectivity index (χ3n) is 2.17. The van der Waals surface area contributed by atoms with Gasteiger partial charge in [0.2, 0.25) is 0 Å². The van der Waals surface area contributed by atoms with Crippen LogP contribution in [0.1, 0.15) is 17.3 Å². The average Bonchev–Trinajstić information content (AvgIpc) is 2.29. The van der Waals surface area contributed by atoms with E-state index in [-0.39, 0.29) is 17.9 Å². The van der Waals surface area contributed by atoms with Gasteiger partial charge in [0.05, 0.1) is 12.2 Å². The molecule has 1 atom stereocenters. The predicted octanol–water partition coefficient (Wildman–Crippen LogP) is 0.470. The van der Waals surface area contributed by atoms with Gasteiger partial charge in [0.15, 0.2) is 0 Å². The molecule has 1 amide bonds. The lowest BCUT2D eigenvalue weighted by molar-refractivity contribution is 0.00318. The number of aliphatic hydroxyl groups excluding tert-OH is 1. The van der Waals surface area contributed by atoms with Crippen molar-refractivity contribution in [3.05, 3.63) is 27.3 Å². The van der Waals surface area contributed by atoms with Gasteiger partial charge in [0.25, 0.3) is 5.91 Å². The molecule has 0 aliphatic rings. The minimum absolute atomic E-state index is 0.0900. The highest BCUT2D eigenvalue weighted by Crippen LogP contribution is 2.19. The van der Waals surface area contributed by atoms with Crippen LogP contribution in [0.25, 0.3) is 0 Å². The molecular weight excluding hydrogens is 337 g/mol. The smallest absolute Gasteiger partial charge is 0.255 e. The molecule has 0 heterocycles. The van der Waals surface area contributed by atoms with Crippen LogP contribution in [-0.4, -0.2) is 40.0 Å². The van der Waals surface area contributed by atoms with Gasteiger partial charge in [-0.15, -0.1) is 0 Å². The zero-order chi connectivity index (χ0) is 13.1. The number of halogens is 1. The number of aliphatic hydroxyl groups is 2.